The molecule has 1 saturated heterocycles. The molecule has 6 heteroatoms. The number of likely N-dealkylation sites (N-methyl/N-ethyl adjacent to an activating group) is 1. The highest BCUT2D eigenvalue weighted by Crippen LogP contribution is 2.18. The van der Waals surface area contributed by atoms with E-state index in [2.05, 4.69) is 63.9 Å². The Hall–Kier alpha value is -3.79. The first-order valence-electron chi connectivity index (χ1n) is 12.4. The minimum absolute atomic E-state index is 0.0979. The van der Waals surface area contributed by atoms with Crippen LogP contribution >= 0.6 is 0 Å². The van der Waals surface area contributed by atoms with Crippen LogP contribution in [0, 0.1) is 25.7 Å². The van der Waals surface area contributed by atoms with E-state index < -0.39 is 0 Å². The van der Waals surface area contributed by atoms with Crippen LogP contribution in [-0.4, -0.2) is 63.4 Å². The van der Waals surface area contributed by atoms with Crippen LogP contribution in [0.2, 0.25) is 0 Å². The number of ketones is 1. The molecule has 1 fully saturated rings. The van der Waals surface area contributed by atoms with Gasteiger partial charge in [0.05, 0.1) is 6.20 Å². The second-order valence-electron chi connectivity index (χ2n) is 9.66. The number of rotatable bonds is 5. The SMILES string of the molecule is Cc1ccc(C(=O)Cc2ccc(CN3CCN(C)CC3)c(C)c2)cc1C#Cc1cnc2cccnn12. The zero-order chi connectivity index (χ0) is 25.1. The van der Waals surface area contributed by atoms with E-state index >= 15 is 0 Å². The number of hydrogen-bond acceptors (Lipinski definition) is 5. The van der Waals surface area contributed by atoms with E-state index in [-0.39, 0.29) is 5.78 Å². The van der Waals surface area contributed by atoms with E-state index in [9.17, 15) is 4.79 Å². The molecule has 1 aliphatic rings. The lowest BCUT2D eigenvalue weighted by Crippen LogP contribution is -2.43. The van der Waals surface area contributed by atoms with Gasteiger partial charge >= 0.3 is 0 Å². The number of nitrogens with zero attached hydrogens (tertiary/aromatic N) is 5. The van der Waals surface area contributed by atoms with Gasteiger partial charge in [-0.05, 0) is 67.3 Å². The number of benzene rings is 2. The predicted octanol–water partition coefficient (Wildman–Crippen LogP) is 3.92. The lowest BCUT2D eigenvalue weighted by Gasteiger charge is -2.32. The normalized spacial score (nSPS) is 14.5. The van der Waals surface area contributed by atoms with Crippen LogP contribution < -0.4 is 0 Å². The number of carbonyl (C=O) groups excluding carboxylic acids is 1. The monoisotopic (exact) mass is 477 g/mol. The summed E-state index contributed by atoms with van der Waals surface area (Å²) >= 11 is 0. The van der Waals surface area contributed by atoms with Gasteiger partial charge in [0.1, 0.15) is 5.69 Å². The quantitative estimate of drug-likeness (QED) is 0.322. The van der Waals surface area contributed by atoms with Gasteiger partial charge < -0.3 is 4.90 Å². The number of Topliss-reactive ketones (excluding diaryl/α,β-unsaturated/α-hetero) is 1. The van der Waals surface area contributed by atoms with Crippen molar-refractivity contribution in [1.29, 1.82) is 0 Å². The van der Waals surface area contributed by atoms with E-state index in [1.165, 1.54) is 11.1 Å². The van der Waals surface area contributed by atoms with E-state index in [0.29, 0.717) is 17.7 Å². The molecular weight excluding hydrogens is 446 g/mol. The highest BCUT2D eigenvalue weighted by molar-refractivity contribution is 5.98. The molecule has 36 heavy (non-hydrogen) atoms. The summed E-state index contributed by atoms with van der Waals surface area (Å²) in [6.07, 6.45) is 3.81. The van der Waals surface area contributed by atoms with Crippen molar-refractivity contribution in [2.24, 2.45) is 0 Å². The molecule has 0 saturated carbocycles. The zero-order valence-electron chi connectivity index (χ0n) is 21.2. The summed E-state index contributed by atoms with van der Waals surface area (Å²) in [7, 11) is 2.18. The first-order chi connectivity index (χ1) is 17.5. The molecule has 0 aliphatic carbocycles. The molecule has 3 heterocycles. The van der Waals surface area contributed by atoms with Crippen LogP contribution in [0.5, 0.6) is 0 Å². The number of piperazine rings is 1. The van der Waals surface area contributed by atoms with Crippen LogP contribution in [0.1, 0.15) is 43.9 Å². The first-order valence-corrected chi connectivity index (χ1v) is 12.4. The molecule has 0 N–H and O–H groups in total. The number of hydrogen-bond donors (Lipinski definition) is 0. The highest BCUT2D eigenvalue weighted by atomic mass is 16.1. The van der Waals surface area contributed by atoms with Gasteiger partial charge in [0.25, 0.3) is 0 Å². The fourth-order valence-corrected chi connectivity index (χ4v) is 4.56. The zero-order valence-corrected chi connectivity index (χ0v) is 21.2. The summed E-state index contributed by atoms with van der Waals surface area (Å²) in [5.41, 5.74) is 7.66. The third kappa shape index (κ3) is 5.38. The van der Waals surface area contributed by atoms with Crippen LogP contribution in [0.25, 0.3) is 5.65 Å². The largest absolute Gasteiger partial charge is 0.304 e. The number of imidazole rings is 1. The lowest BCUT2D eigenvalue weighted by molar-refractivity contribution is 0.0993. The van der Waals surface area contributed by atoms with Crippen LogP contribution in [0.3, 0.4) is 0 Å². The molecule has 2 aromatic carbocycles. The second kappa shape index (κ2) is 10.4. The molecule has 2 aromatic heterocycles. The average molecular weight is 478 g/mol. The van der Waals surface area contributed by atoms with E-state index in [1.54, 1.807) is 16.9 Å². The van der Waals surface area contributed by atoms with Crippen molar-refractivity contribution in [3.63, 3.8) is 0 Å². The Morgan fingerprint density at radius 2 is 1.81 bits per heavy atom. The molecule has 0 bridgehead atoms. The summed E-state index contributed by atoms with van der Waals surface area (Å²) in [5.74, 6) is 6.47. The topological polar surface area (TPSA) is 53.7 Å². The van der Waals surface area contributed by atoms with Crippen molar-refractivity contribution in [3.05, 3.63) is 100.0 Å². The maximum atomic E-state index is 13.1. The second-order valence-corrected chi connectivity index (χ2v) is 9.66. The van der Waals surface area contributed by atoms with Crippen molar-refractivity contribution in [2.75, 3.05) is 33.2 Å². The van der Waals surface area contributed by atoms with Gasteiger partial charge in [0.2, 0.25) is 0 Å². The number of aryl methyl sites for hydroxylation is 2. The predicted molar refractivity (Wildman–Crippen MR) is 142 cm³/mol. The Kier molecular flexibility index (Phi) is 6.95. The number of carbonyl (C=O) groups is 1. The van der Waals surface area contributed by atoms with Gasteiger partial charge in [-0.3, -0.25) is 9.69 Å². The molecule has 0 radical (unpaired) electrons. The van der Waals surface area contributed by atoms with Gasteiger partial charge in [-0.2, -0.15) is 5.10 Å². The Balaban J connectivity index is 1.29. The van der Waals surface area contributed by atoms with E-state index in [1.807, 2.05) is 37.3 Å². The van der Waals surface area contributed by atoms with Crippen molar-refractivity contribution in [2.45, 2.75) is 26.8 Å². The Morgan fingerprint density at radius 3 is 2.61 bits per heavy atom. The van der Waals surface area contributed by atoms with Crippen molar-refractivity contribution in [3.8, 4) is 11.8 Å². The summed E-state index contributed by atoms with van der Waals surface area (Å²) in [5, 5.41) is 4.31. The first kappa shape index (κ1) is 23.9. The molecule has 1 aliphatic heterocycles. The lowest BCUT2D eigenvalue weighted by atomic mass is 9.96. The fourth-order valence-electron chi connectivity index (χ4n) is 4.56. The number of fused-ring (bicyclic) bond motifs is 1. The Bertz CT molecular complexity index is 1470. The molecule has 0 atom stereocenters. The molecule has 5 rings (SSSR count). The van der Waals surface area contributed by atoms with Gasteiger partial charge in [0, 0.05) is 56.5 Å². The van der Waals surface area contributed by atoms with Gasteiger partial charge in [0.15, 0.2) is 11.4 Å². The van der Waals surface area contributed by atoms with Gasteiger partial charge in [-0.1, -0.05) is 36.3 Å². The fraction of sp³-hybridized carbons (Fsp3) is 0.300. The molecule has 0 unspecified atom stereocenters. The smallest absolute Gasteiger partial charge is 0.167 e. The molecule has 4 aromatic rings. The Labute approximate surface area is 212 Å². The minimum Gasteiger partial charge on any atom is -0.304 e. The molecule has 0 amide bonds. The standard InChI is InChI=1S/C30H31N5O/c1-22-6-8-26(19-25(22)10-11-28-20-31-30-5-4-12-32-35(28)30)29(36)18-24-7-9-27(23(2)17-24)21-34-15-13-33(3)14-16-34/h4-9,12,17,19-20H,13-16,18,21H2,1-3H3. The van der Waals surface area contributed by atoms with Crippen molar-refractivity contribution >= 4 is 11.4 Å². The highest BCUT2D eigenvalue weighted by Gasteiger charge is 2.15. The maximum Gasteiger partial charge on any atom is 0.167 e. The van der Waals surface area contributed by atoms with Gasteiger partial charge in [-0.15, -0.1) is 0 Å². The number of aromatic nitrogens is 3. The summed E-state index contributed by atoms with van der Waals surface area (Å²) in [6, 6.07) is 16.0. The molecule has 0 spiro atoms. The van der Waals surface area contributed by atoms with Crippen molar-refractivity contribution in [1.82, 2.24) is 24.4 Å². The maximum absolute atomic E-state index is 13.1. The average Bonchev–Trinajstić information content (AvgIpc) is 3.29. The van der Waals surface area contributed by atoms with E-state index in [4.69, 9.17) is 0 Å². The third-order valence-corrected chi connectivity index (χ3v) is 6.92. The Morgan fingerprint density at radius 1 is 0.972 bits per heavy atom. The summed E-state index contributed by atoms with van der Waals surface area (Å²) < 4.78 is 1.72. The molecule has 182 valence electrons. The van der Waals surface area contributed by atoms with Crippen LogP contribution in [0.4, 0.5) is 0 Å². The molecule has 6 nitrogen and oxygen atoms in total. The van der Waals surface area contributed by atoms with Crippen LogP contribution in [-0.2, 0) is 13.0 Å². The van der Waals surface area contributed by atoms with Crippen molar-refractivity contribution < 1.29 is 4.79 Å². The summed E-state index contributed by atoms with van der Waals surface area (Å²) in [4.78, 5) is 22.4. The third-order valence-electron chi connectivity index (χ3n) is 6.92. The minimum atomic E-state index is 0.0979. The van der Waals surface area contributed by atoms with E-state index in [0.717, 1.165) is 55.1 Å². The van der Waals surface area contributed by atoms with Gasteiger partial charge in [-0.25, -0.2) is 9.50 Å². The van der Waals surface area contributed by atoms with Crippen LogP contribution in [0.15, 0.2) is 60.9 Å². The summed E-state index contributed by atoms with van der Waals surface area (Å²) in [6.45, 7) is 9.55. The molecular formula is C30H31N5O.